The number of aliphatic hydroxyl groups is 1. The van der Waals surface area contributed by atoms with Crippen molar-refractivity contribution in [2.45, 2.75) is 30.7 Å². The van der Waals surface area contributed by atoms with Gasteiger partial charge in [0.05, 0.1) is 13.2 Å². The van der Waals surface area contributed by atoms with Gasteiger partial charge in [-0.15, -0.1) is 6.58 Å². The molecule has 1 rings (SSSR count). The molecule has 1 N–H and O–H groups in total. The third kappa shape index (κ3) is 3.28. The second kappa shape index (κ2) is 7.83. The van der Waals surface area contributed by atoms with Gasteiger partial charge in [-0.25, -0.2) is 0 Å². The average molecular weight is 262 g/mol. The van der Waals surface area contributed by atoms with Gasteiger partial charge in [0.15, 0.2) is 6.29 Å². The summed E-state index contributed by atoms with van der Waals surface area (Å²) in [4.78, 5) is 0. The SMILES string of the molecule is C=CCO[C@H]1O[C@H](CO)[C@H](OC)[C@H](OC)[C@H]1OC. The summed E-state index contributed by atoms with van der Waals surface area (Å²) in [5.74, 6) is 0. The van der Waals surface area contributed by atoms with Gasteiger partial charge in [0.2, 0.25) is 0 Å². The van der Waals surface area contributed by atoms with Crippen molar-refractivity contribution in [1.29, 1.82) is 0 Å². The molecule has 0 aromatic carbocycles. The molecule has 6 heteroatoms. The van der Waals surface area contributed by atoms with Crippen molar-refractivity contribution in [1.82, 2.24) is 0 Å². The van der Waals surface area contributed by atoms with Gasteiger partial charge in [-0.2, -0.15) is 0 Å². The Morgan fingerprint density at radius 1 is 1.11 bits per heavy atom. The summed E-state index contributed by atoms with van der Waals surface area (Å²) in [6, 6.07) is 0. The van der Waals surface area contributed by atoms with Crippen LogP contribution in [0.2, 0.25) is 0 Å². The van der Waals surface area contributed by atoms with Crippen molar-refractivity contribution < 1.29 is 28.8 Å². The number of aliphatic hydroxyl groups excluding tert-OH is 1. The average Bonchev–Trinajstić information content (AvgIpc) is 2.42. The first kappa shape index (κ1) is 15.6. The van der Waals surface area contributed by atoms with Crippen LogP contribution in [0.25, 0.3) is 0 Å². The number of rotatable bonds is 7. The highest BCUT2D eigenvalue weighted by atomic mass is 16.7. The molecule has 1 heterocycles. The summed E-state index contributed by atoms with van der Waals surface area (Å²) in [6.45, 7) is 3.73. The molecule has 1 fully saturated rings. The zero-order valence-corrected chi connectivity index (χ0v) is 11.1. The van der Waals surface area contributed by atoms with Crippen LogP contribution in [0.15, 0.2) is 12.7 Å². The van der Waals surface area contributed by atoms with E-state index in [1.54, 1.807) is 27.4 Å². The summed E-state index contributed by atoms with van der Waals surface area (Å²) < 4.78 is 27.2. The molecule has 0 radical (unpaired) electrons. The Kier molecular flexibility index (Phi) is 6.77. The van der Waals surface area contributed by atoms with Gasteiger partial charge in [-0.1, -0.05) is 6.08 Å². The minimum atomic E-state index is -0.624. The first-order valence-corrected chi connectivity index (χ1v) is 5.80. The molecule has 0 aromatic rings. The van der Waals surface area contributed by atoms with Crippen molar-refractivity contribution in [3.05, 3.63) is 12.7 Å². The summed E-state index contributed by atoms with van der Waals surface area (Å²) >= 11 is 0. The van der Waals surface area contributed by atoms with E-state index in [1.807, 2.05) is 0 Å². The standard InChI is InChI=1S/C12H22O6/c1-5-6-17-12-11(16-4)10(15-3)9(14-2)8(7-13)18-12/h5,8-13H,1,6-7H2,2-4H3/t8-,9+,10+,11-,12+/m1/s1. The molecule has 1 saturated heterocycles. The van der Waals surface area contributed by atoms with Crippen molar-refractivity contribution >= 4 is 0 Å². The monoisotopic (exact) mass is 262 g/mol. The van der Waals surface area contributed by atoms with Crippen molar-refractivity contribution in [3.8, 4) is 0 Å². The third-order valence-corrected chi connectivity index (χ3v) is 2.97. The highest BCUT2D eigenvalue weighted by Gasteiger charge is 2.47. The van der Waals surface area contributed by atoms with Gasteiger partial charge in [-0.05, 0) is 0 Å². The molecule has 18 heavy (non-hydrogen) atoms. The zero-order chi connectivity index (χ0) is 13.5. The van der Waals surface area contributed by atoms with E-state index in [0.717, 1.165) is 0 Å². The molecule has 5 atom stereocenters. The first-order chi connectivity index (χ1) is 8.73. The molecule has 6 nitrogen and oxygen atoms in total. The maximum atomic E-state index is 9.33. The number of ether oxygens (including phenoxy) is 5. The lowest BCUT2D eigenvalue weighted by atomic mass is 9.98. The van der Waals surface area contributed by atoms with Crippen LogP contribution in [-0.2, 0) is 23.7 Å². The quantitative estimate of drug-likeness (QED) is 0.649. The molecule has 1 aliphatic rings. The maximum absolute atomic E-state index is 9.33. The Balaban J connectivity index is 2.83. The molecular weight excluding hydrogens is 240 g/mol. The van der Waals surface area contributed by atoms with Gasteiger partial charge in [0, 0.05) is 21.3 Å². The highest BCUT2D eigenvalue weighted by molar-refractivity contribution is 4.92. The lowest BCUT2D eigenvalue weighted by molar-refractivity contribution is -0.310. The Labute approximate surface area is 107 Å². The fraction of sp³-hybridized carbons (Fsp3) is 0.833. The Hall–Kier alpha value is -0.500. The van der Waals surface area contributed by atoms with Crippen molar-refractivity contribution in [3.63, 3.8) is 0 Å². The number of hydrogen-bond acceptors (Lipinski definition) is 6. The summed E-state index contributed by atoms with van der Waals surface area (Å²) in [7, 11) is 4.66. The Morgan fingerprint density at radius 2 is 1.72 bits per heavy atom. The van der Waals surface area contributed by atoms with E-state index >= 15 is 0 Å². The first-order valence-electron chi connectivity index (χ1n) is 5.80. The smallest absolute Gasteiger partial charge is 0.187 e. The second-order valence-corrected chi connectivity index (χ2v) is 3.95. The van der Waals surface area contributed by atoms with E-state index in [9.17, 15) is 5.11 Å². The fourth-order valence-electron chi connectivity index (χ4n) is 2.12. The van der Waals surface area contributed by atoms with Crippen LogP contribution >= 0.6 is 0 Å². The Bertz CT molecular complexity index is 247. The van der Waals surface area contributed by atoms with Gasteiger partial charge in [-0.3, -0.25) is 0 Å². The highest BCUT2D eigenvalue weighted by Crippen LogP contribution is 2.27. The Morgan fingerprint density at radius 3 is 2.17 bits per heavy atom. The lowest BCUT2D eigenvalue weighted by Crippen LogP contribution is -2.61. The zero-order valence-electron chi connectivity index (χ0n) is 11.1. The van der Waals surface area contributed by atoms with Crippen LogP contribution in [0.3, 0.4) is 0 Å². The summed E-state index contributed by atoms with van der Waals surface area (Å²) in [5.41, 5.74) is 0. The van der Waals surface area contributed by atoms with Crippen LogP contribution < -0.4 is 0 Å². The molecular formula is C12H22O6. The minimum Gasteiger partial charge on any atom is -0.394 e. The second-order valence-electron chi connectivity index (χ2n) is 3.95. The predicted molar refractivity (Wildman–Crippen MR) is 64.3 cm³/mol. The normalized spacial score (nSPS) is 36.6. The lowest BCUT2D eigenvalue weighted by Gasteiger charge is -2.44. The van der Waals surface area contributed by atoms with Crippen molar-refractivity contribution in [2.24, 2.45) is 0 Å². The molecule has 0 unspecified atom stereocenters. The van der Waals surface area contributed by atoms with Gasteiger partial charge >= 0.3 is 0 Å². The van der Waals surface area contributed by atoms with Crippen LogP contribution in [0.4, 0.5) is 0 Å². The molecule has 0 aliphatic carbocycles. The maximum Gasteiger partial charge on any atom is 0.187 e. The number of hydrogen-bond donors (Lipinski definition) is 1. The van der Waals surface area contributed by atoms with E-state index in [-0.39, 0.29) is 12.7 Å². The van der Waals surface area contributed by atoms with Crippen LogP contribution in [0, 0.1) is 0 Å². The molecule has 1 aliphatic heterocycles. The van der Waals surface area contributed by atoms with Gasteiger partial charge in [0.25, 0.3) is 0 Å². The van der Waals surface area contributed by atoms with E-state index in [2.05, 4.69) is 6.58 Å². The fourth-order valence-corrected chi connectivity index (χ4v) is 2.12. The molecule has 0 spiro atoms. The number of methoxy groups -OCH3 is 3. The topological polar surface area (TPSA) is 66.4 Å². The summed E-state index contributed by atoms with van der Waals surface area (Å²) in [6.07, 6.45) is -0.728. The molecule has 0 amide bonds. The minimum absolute atomic E-state index is 0.178. The van der Waals surface area contributed by atoms with Crippen LogP contribution in [0.5, 0.6) is 0 Å². The van der Waals surface area contributed by atoms with Crippen LogP contribution in [-0.4, -0.2) is 70.4 Å². The molecule has 0 aromatic heterocycles. The van der Waals surface area contributed by atoms with E-state index in [1.165, 1.54) is 0 Å². The third-order valence-electron chi connectivity index (χ3n) is 2.97. The van der Waals surface area contributed by atoms with Gasteiger partial charge in [0.1, 0.15) is 24.4 Å². The summed E-state index contributed by atoms with van der Waals surface area (Å²) in [5, 5.41) is 9.33. The molecule has 0 saturated carbocycles. The van der Waals surface area contributed by atoms with E-state index in [0.29, 0.717) is 6.61 Å². The molecule has 106 valence electrons. The molecule has 0 bridgehead atoms. The van der Waals surface area contributed by atoms with E-state index in [4.69, 9.17) is 23.7 Å². The predicted octanol–water partition coefficient (Wildman–Crippen LogP) is -0.0488. The van der Waals surface area contributed by atoms with Crippen molar-refractivity contribution in [2.75, 3.05) is 34.5 Å². The largest absolute Gasteiger partial charge is 0.394 e. The van der Waals surface area contributed by atoms with Gasteiger partial charge < -0.3 is 28.8 Å². The van der Waals surface area contributed by atoms with Crippen LogP contribution in [0.1, 0.15) is 0 Å². The van der Waals surface area contributed by atoms with E-state index < -0.39 is 24.6 Å².